The Bertz CT molecular complexity index is 953. The fourth-order valence-corrected chi connectivity index (χ4v) is 2.79. The Labute approximate surface area is 155 Å². The Hall–Kier alpha value is -3.68. The molecule has 1 heterocycles. The van der Waals surface area contributed by atoms with E-state index in [1.807, 2.05) is 41.1 Å². The lowest BCUT2D eigenvalue weighted by Crippen LogP contribution is -2.14. The van der Waals surface area contributed by atoms with Crippen molar-refractivity contribution >= 4 is 17.3 Å². The number of primary amides is 1. The van der Waals surface area contributed by atoms with E-state index in [0.717, 1.165) is 5.82 Å². The molecule has 0 aliphatic carbocycles. The van der Waals surface area contributed by atoms with E-state index in [-0.39, 0.29) is 11.3 Å². The molecule has 3 rings (SSSR count). The van der Waals surface area contributed by atoms with Crippen molar-refractivity contribution in [3.63, 3.8) is 0 Å². The lowest BCUT2D eigenvalue weighted by molar-refractivity contribution is -0.384. The van der Waals surface area contributed by atoms with E-state index in [2.05, 4.69) is 10.3 Å². The maximum absolute atomic E-state index is 11.2. The topological polar surface area (TPSA) is 116 Å². The summed E-state index contributed by atoms with van der Waals surface area (Å²) in [6.45, 7) is 1.17. The summed E-state index contributed by atoms with van der Waals surface area (Å²) in [4.78, 5) is 26.3. The van der Waals surface area contributed by atoms with Crippen LogP contribution in [0.15, 0.2) is 60.9 Å². The molecule has 0 saturated heterocycles. The molecule has 0 aliphatic heterocycles. The third-order valence-electron chi connectivity index (χ3n) is 4.14. The molecule has 1 amide bonds. The minimum absolute atomic E-state index is 0.102. The van der Waals surface area contributed by atoms with Crippen molar-refractivity contribution in [2.45, 2.75) is 13.0 Å². The minimum Gasteiger partial charge on any atom is -0.379 e. The predicted octanol–water partition coefficient (Wildman–Crippen LogP) is 2.59. The van der Waals surface area contributed by atoms with Gasteiger partial charge in [0.2, 0.25) is 5.91 Å². The van der Waals surface area contributed by atoms with Gasteiger partial charge in [0.1, 0.15) is 11.5 Å². The number of rotatable bonds is 8. The summed E-state index contributed by atoms with van der Waals surface area (Å²) in [5.74, 6) is 0.176. The first kappa shape index (κ1) is 18.1. The summed E-state index contributed by atoms with van der Waals surface area (Å²) in [6.07, 6.45) is 4.24. The molecule has 0 aliphatic rings. The molecular weight excluding hydrogens is 346 g/mol. The zero-order valence-corrected chi connectivity index (χ0v) is 14.5. The van der Waals surface area contributed by atoms with Crippen molar-refractivity contribution in [2.75, 3.05) is 11.9 Å². The zero-order chi connectivity index (χ0) is 19.2. The lowest BCUT2D eigenvalue weighted by atomic mass is 10.1. The number of nitrogens with one attached hydrogen (secondary N) is 1. The molecule has 0 bridgehead atoms. The van der Waals surface area contributed by atoms with E-state index >= 15 is 0 Å². The van der Waals surface area contributed by atoms with Crippen LogP contribution in [0.3, 0.4) is 0 Å². The van der Waals surface area contributed by atoms with Gasteiger partial charge < -0.3 is 15.6 Å². The van der Waals surface area contributed by atoms with Gasteiger partial charge in [-0.15, -0.1) is 0 Å². The molecule has 0 atom stereocenters. The molecule has 3 aromatic rings. The number of nitro benzene ring substituents is 1. The van der Waals surface area contributed by atoms with Gasteiger partial charge in [-0.2, -0.15) is 0 Å². The molecule has 2 aromatic carbocycles. The molecule has 27 heavy (non-hydrogen) atoms. The van der Waals surface area contributed by atoms with Crippen LogP contribution in [0.4, 0.5) is 11.4 Å². The first-order valence-corrected chi connectivity index (χ1v) is 8.40. The number of carbonyl (C=O) groups is 1. The quantitative estimate of drug-likeness (QED) is 0.470. The average molecular weight is 365 g/mol. The number of amides is 1. The smallest absolute Gasteiger partial charge is 0.293 e. The van der Waals surface area contributed by atoms with Crippen molar-refractivity contribution in [1.82, 2.24) is 9.55 Å². The minimum atomic E-state index is -0.701. The Morgan fingerprint density at radius 1 is 1.22 bits per heavy atom. The highest BCUT2D eigenvalue weighted by atomic mass is 16.6. The van der Waals surface area contributed by atoms with Gasteiger partial charge in [-0.25, -0.2) is 4.98 Å². The molecule has 0 unspecified atom stereocenters. The zero-order valence-electron chi connectivity index (χ0n) is 14.5. The fourth-order valence-electron chi connectivity index (χ4n) is 2.79. The van der Waals surface area contributed by atoms with Crippen molar-refractivity contribution in [2.24, 2.45) is 5.73 Å². The molecule has 0 saturated carbocycles. The highest BCUT2D eigenvalue weighted by molar-refractivity contribution is 5.94. The van der Waals surface area contributed by atoms with Gasteiger partial charge in [0.15, 0.2) is 0 Å². The summed E-state index contributed by atoms with van der Waals surface area (Å²) < 4.78 is 2.04. The van der Waals surface area contributed by atoms with E-state index in [9.17, 15) is 14.9 Å². The fraction of sp³-hybridized carbons (Fsp3) is 0.158. The van der Waals surface area contributed by atoms with E-state index in [1.54, 1.807) is 6.20 Å². The SMILES string of the molecule is NC(=O)c1ccc(NCCc2nccn2Cc2ccccc2)c([N+](=O)[O-])c1. The lowest BCUT2D eigenvalue weighted by Gasteiger charge is -2.10. The van der Waals surface area contributed by atoms with E-state index < -0.39 is 10.8 Å². The number of nitrogens with zero attached hydrogens (tertiary/aromatic N) is 3. The number of imidazole rings is 1. The van der Waals surface area contributed by atoms with Crippen molar-refractivity contribution < 1.29 is 9.72 Å². The van der Waals surface area contributed by atoms with Crippen LogP contribution in [0.25, 0.3) is 0 Å². The number of anilines is 1. The highest BCUT2D eigenvalue weighted by Crippen LogP contribution is 2.25. The maximum Gasteiger partial charge on any atom is 0.293 e. The molecule has 138 valence electrons. The molecule has 0 fully saturated rings. The van der Waals surface area contributed by atoms with Gasteiger partial charge in [0.25, 0.3) is 5.69 Å². The number of benzene rings is 2. The van der Waals surface area contributed by atoms with Crippen LogP contribution in [0.2, 0.25) is 0 Å². The summed E-state index contributed by atoms with van der Waals surface area (Å²) in [5.41, 5.74) is 6.61. The van der Waals surface area contributed by atoms with Gasteiger partial charge in [-0.3, -0.25) is 14.9 Å². The summed E-state index contributed by atoms with van der Waals surface area (Å²) in [5, 5.41) is 14.3. The van der Waals surface area contributed by atoms with Crippen LogP contribution in [-0.4, -0.2) is 26.9 Å². The maximum atomic E-state index is 11.2. The van der Waals surface area contributed by atoms with Crippen LogP contribution >= 0.6 is 0 Å². The third-order valence-corrected chi connectivity index (χ3v) is 4.14. The largest absolute Gasteiger partial charge is 0.379 e. The standard InChI is InChI=1S/C19H19N5O3/c20-19(25)15-6-7-16(17(12-15)24(26)27)21-9-8-18-22-10-11-23(18)13-14-4-2-1-3-5-14/h1-7,10-12,21H,8-9,13H2,(H2,20,25). The van der Waals surface area contributed by atoms with Gasteiger partial charge >= 0.3 is 0 Å². The summed E-state index contributed by atoms with van der Waals surface area (Å²) in [6, 6.07) is 14.2. The number of nitrogens with two attached hydrogens (primary N) is 1. The number of nitro groups is 1. The summed E-state index contributed by atoms with van der Waals surface area (Å²) in [7, 11) is 0. The predicted molar refractivity (Wildman–Crippen MR) is 102 cm³/mol. The Morgan fingerprint density at radius 3 is 2.70 bits per heavy atom. The van der Waals surface area contributed by atoms with E-state index in [4.69, 9.17) is 5.73 Å². The molecule has 3 N–H and O–H groups in total. The van der Waals surface area contributed by atoms with Crippen molar-refractivity contribution in [1.29, 1.82) is 0 Å². The van der Waals surface area contributed by atoms with Crippen LogP contribution in [0, 0.1) is 10.1 Å². The number of carbonyl (C=O) groups excluding carboxylic acids is 1. The molecule has 0 spiro atoms. The van der Waals surface area contributed by atoms with Crippen molar-refractivity contribution in [3.8, 4) is 0 Å². The van der Waals surface area contributed by atoms with Crippen LogP contribution in [0.5, 0.6) is 0 Å². The van der Waals surface area contributed by atoms with Gasteiger partial charge in [0.05, 0.1) is 4.92 Å². The Balaban J connectivity index is 1.66. The Morgan fingerprint density at radius 2 is 2.00 bits per heavy atom. The summed E-state index contributed by atoms with van der Waals surface area (Å²) >= 11 is 0. The molecule has 8 heteroatoms. The van der Waals surface area contributed by atoms with Gasteiger partial charge in [-0.1, -0.05) is 30.3 Å². The van der Waals surface area contributed by atoms with Crippen LogP contribution < -0.4 is 11.1 Å². The number of aromatic nitrogens is 2. The monoisotopic (exact) mass is 365 g/mol. The molecular formula is C19H19N5O3. The normalized spacial score (nSPS) is 10.5. The van der Waals surface area contributed by atoms with Gasteiger partial charge in [0, 0.05) is 43.5 Å². The molecule has 1 aromatic heterocycles. The first-order valence-electron chi connectivity index (χ1n) is 8.40. The van der Waals surface area contributed by atoms with Crippen LogP contribution in [-0.2, 0) is 13.0 Å². The van der Waals surface area contributed by atoms with Crippen LogP contribution in [0.1, 0.15) is 21.7 Å². The second-order valence-corrected chi connectivity index (χ2v) is 5.99. The Kier molecular flexibility index (Phi) is 5.46. The second-order valence-electron chi connectivity index (χ2n) is 5.99. The number of hydrogen-bond acceptors (Lipinski definition) is 5. The average Bonchev–Trinajstić information content (AvgIpc) is 3.09. The number of hydrogen-bond donors (Lipinski definition) is 2. The molecule has 8 nitrogen and oxygen atoms in total. The first-order chi connectivity index (χ1) is 13.0. The third kappa shape index (κ3) is 4.49. The van der Waals surface area contributed by atoms with E-state index in [1.165, 1.54) is 23.8 Å². The van der Waals surface area contributed by atoms with Crippen molar-refractivity contribution in [3.05, 3.63) is 88.0 Å². The van der Waals surface area contributed by atoms with E-state index in [0.29, 0.717) is 25.2 Å². The highest BCUT2D eigenvalue weighted by Gasteiger charge is 2.16. The van der Waals surface area contributed by atoms with Gasteiger partial charge in [-0.05, 0) is 17.7 Å². The molecule has 0 radical (unpaired) electrons. The second kappa shape index (κ2) is 8.13.